The molecule has 82 valence electrons. The third-order valence-corrected chi connectivity index (χ3v) is 2.96. The van der Waals surface area contributed by atoms with Crippen LogP contribution in [0, 0.1) is 5.92 Å². The second-order valence-electron chi connectivity index (χ2n) is 4.20. The topological polar surface area (TPSA) is 29.5 Å². The molecule has 14 heavy (non-hydrogen) atoms. The number of hydrogen-bond acceptors (Lipinski definition) is 3. The molecule has 0 aromatic carbocycles. The first-order valence-electron chi connectivity index (χ1n) is 5.51. The van der Waals surface area contributed by atoms with E-state index >= 15 is 0 Å². The Morgan fingerprint density at radius 2 is 2.07 bits per heavy atom. The zero-order valence-corrected chi connectivity index (χ0v) is 9.29. The summed E-state index contributed by atoms with van der Waals surface area (Å²) < 4.78 is 4.60. The Morgan fingerprint density at radius 3 is 2.64 bits per heavy atom. The minimum absolute atomic E-state index is 0.0876. The van der Waals surface area contributed by atoms with Crippen LogP contribution < -0.4 is 0 Å². The predicted octanol–water partition coefficient (Wildman–Crippen LogP) is 1.67. The van der Waals surface area contributed by atoms with Crippen molar-refractivity contribution in [1.82, 2.24) is 4.90 Å². The van der Waals surface area contributed by atoms with Crippen molar-refractivity contribution in [1.29, 1.82) is 0 Å². The maximum atomic E-state index is 10.9. The third kappa shape index (κ3) is 4.09. The Labute approximate surface area is 86.4 Å². The van der Waals surface area contributed by atoms with Gasteiger partial charge in [-0.1, -0.05) is 6.92 Å². The average molecular weight is 199 g/mol. The highest BCUT2D eigenvalue weighted by molar-refractivity contribution is 5.69. The summed E-state index contributed by atoms with van der Waals surface area (Å²) in [5.41, 5.74) is 0. The standard InChI is InChI=1S/C11H21NO2/c1-10-5-8-12(9-6-10)7-3-4-11(13)14-2/h10H,3-9H2,1-2H3. The van der Waals surface area contributed by atoms with Gasteiger partial charge in [-0.25, -0.2) is 0 Å². The second-order valence-corrected chi connectivity index (χ2v) is 4.20. The van der Waals surface area contributed by atoms with Crippen LogP contribution in [0.4, 0.5) is 0 Å². The molecule has 1 fully saturated rings. The van der Waals surface area contributed by atoms with Crippen LogP contribution in [0.15, 0.2) is 0 Å². The number of hydrogen-bond donors (Lipinski definition) is 0. The van der Waals surface area contributed by atoms with Crippen LogP contribution in [-0.2, 0) is 9.53 Å². The molecule has 0 saturated carbocycles. The van der Waals surface area contributed by atoms with Crippen molar-refractivity contribution in [3.05, 3.63) is 0 Å². The summed E-state index contributed by atoms with van der Waals surface area (Å²) in [4.78, 5) is 13.3. The summed E-state index contributed by atoms with van der Waals surface area (Å²) in [6, 6.07) is 0. The smallest absolute Gasteiger partial charge is 0.305 e. The Bertz CT molecular complexity index is 174. The van der Waals surface area contributed by atoms with Crippen molar-refractivity contribution >= 4 is 5.97 Å². The number of esters is 1. The maximum Gasteiger partial charge on any atom is 0.305 e. The molecule has 3 heteroatoms. The first kappa shape index (κ1) is 11.5. The minimum atomic E-state index is -0.0876. The summed E-state index contributed by atoms with van der Waals surface area (Å²) >= 11 is 0. The van der Waals surface area contributed by atoms with Crippen molar-refractivity contribution in [3.63, 3.8) is 0 Å². The molecule has 1 saturated heterocycles. The number of nitrogens with zero attached hydrogens (tertiary/aromatic N) is 1. The Hall–Kier alpha value is -0.570. The van der Waals surface area contributed by atoms with Crippen LogP contribution in [0.2, 0.25) is 0 Å². The van der Waals surface area contributed by atoms with Crippen LogP contribution in [0.25, 0.3) is 0 Å². The Balaban J connectivity index is 2.04. The van der Waals surface area contributed by atoms with E-state index in [-0.39, 0.29) is 5.97 Å². The fraction of sp³-hybridized carbons (Fsp3) is 0.909. The van der Waals surface area contributed by atoms with Gasteiger partial charge in [0, 0.05) is 6.42 Å². The molecule has 1 rings (SSSR count). The van der Waals surface area contributed by atoms with E-state index in [0.717, 1.165) is 18.9 Å². The number of carbonyl (C=O) groups excluding carboxylic acids is 1. The lowest BCUT2D eigenvalue weighted by Gasteiger charge is -2.29. The molecule has 0 aliphatic carbocycles. The van der Waals surface area contributed by atoms with E-state index in [1.165, 1.54) is 33.0 Å². The van der Waals surface area contributed by atoms with Crippen molar-refractivity contribution in [2.24, 2.45) is 5.92 Å². The number of carbonyl (C=O) groups is 1. The fourth-order valence-electron chi connectivity index (χ4n) is 1.83. The molecule has 0 aromatic heterocycles. The van der Waals surface area contributed by atoms with E-state index < -0.39 is 0 Å². The molecule has 1 aliphatic heterocycles. The van der Waals surface area contributed by atoms with Gasteiger partial charge in [0.15, 0.2) is 0 Å². The van der Waals surface area contributed by atoms with Crippen molar-refractivity contribution in [2.45, 2.75) is 32.6 Å². The molecular formula is C11H21NO2. The van der Waals surface area contributed by atoms with Crippen molar-refractivity contribution < 1.29 is 9.53 Å². The lowest BCUT2D eigenvalue weighted by molar-refractivity contribution is -0.140. The molecule has 0 N–H and O–H groups in total. The Kier molecular flexibility index (Phi) is 4.94. The molecule has 0 bridgehead atoms. The minimum Gasteiger partial charge on any atom is -0.469 e. The van der Waals surface area contributed by atoms with Gasteiger partial charge in [0.1, 0.15) is 0 Å². The molecule has 0 unspecified atom stereocenters. The highest BCUT2D eigenvalue weighted by Crippen LogP contribution is 2.16. The van der Waals surface area contributed by atoms with Crippen LogP contribution >= 0.6 is 0 Å². The van der Waals surface area contributed by atoms with Gasteiger partial charge in [0.05, 0.1) is 7.11 Å². The van der Waals surface area contributed by atoms with Crippen LogP contribution in [0.3, 0.4) is 0 Å². The summed E-state index contributed by atoms with van der Waals surface area (Å²) in [6.45, 7) is 5.75. The van der Waals surface area contributed by atoms with Gasteiger partial charge in [-0.05, 0) is 44.8 Å². The highest BCUT2D eigenvalue weighted by Gasteiger charge is 2.15. The van der Waals surface area contributed by atoms with Gasteiger partial charge >= 0.3 is 5.97 Å². The molecule has 0 radical (unpaired) electrons. The predicted molar refractivity (Wildman–Crippen MR) is 56.1 cm³/mol. The first-order valence-corrected chi connectivity index (χ1v) is 5.51. The molecule has 1 heterocycles. The van der Waals surface area contributed by atoms with Gasteiger partial charge in [0.25, 0.3) is 0 Å². The molecule has 0 aromatic rings. The SMILES string of the molecule is COC(=O)CCCN1CCC(C)CC1. The molecular weight excluding hydrogens is 178 g/mol. The largest absolute Gasteiger partial charge is 0.469 e. The van der Waals surface area contributed by atoms with Gasteiger partial charge < -0.3 is 9.64 Å². The quantitative estimate of drug-likeness (QED) is 0.645. The van der Waals surface area contributed by atoms with Crippen LogP contribution in [-0.4, -0.2) is 37.6 Å². The summed E-state index contributed by atoms with van der Waals surface area (Å²) in [5, 5.41) is 0. The second kappa shape index (κ2) is 6.02. The summed E-state index contributed by atoms with van der Waals surface area (Å²) in [5.74, 6) is 0.794. The zero-order valence-electron chi connectivity index (χ0n) is 9.29. The average Bonchev–Trinajstić information content (AvgIpc) is 2.21. The fourth-order valence-corrected chi connectivity index (χ4v) is 1.83. The van der Waals surface area contributed by atoms with E-state index in [9.17, 15) is 4.79 Å². The Morgan fingerprint density at radius 1 is 1.43 bits per heavy atom. The highest BCUT2D eigenvalue weighted by atomic mass is 16.5. The zero-order chi connectivity index (χ0) is 10.4. The van der Waals surface area contributed by atoms with Gasteiger partial charge in [-0.3, -0.25) is 4.79 Å². The van der Waals surface area contributed by atoms with Crippen molar-refractivity contribution in [2.75, 3.05) is 26.7 Å². The number of piperidine rings is 1. The van der Waals surface area contributed by atoms with E-state index in [1.807, 2.05) is 0 Å². The monoisotopic (exact) mass is 199 g/mol. The normalized spacial score (nSPS) is 19.6. The van der Waals surface area contributed by atoms with Gasteiger partial charge in [0.2, 0.25) is 0 Å². The van der Waals surface area contributed by atoms with Gasteiger partial charge in [-0.2, -0.15) is 0 Å². The van der Waals surface area contributed by atoms with E-state index in [0.29, 0.717) is 6.42 Å². The van der Waals surface area contributed by atoms with Crippen LogP contribution in [0.5, 0.6) is 0 Å². The number of likely N-dealkylation sites (tertiary alicyclic amines) is 1. The molecule has 0 atom stereocenters. The number of ether oxygens (including phenoxy) is 1. The number of rotatable bonds is 4. The molecule has 1 aliphatic rings. The van der Waals surface area contributed by atoms with Crippen molar-refractivity contribution in [3.8, 4) is 0 Å². The lowest BCUT2D eigenvalue weighted by Crippen LogP contribution is -2.33. The van der Waals surface area contributed by atoms with Crippen LogP contribution in [0.1, 0.15) is 32.6 Å². The third-order valence-electron chi connectivity index (χ3n) is 2.96. The molecule has 3 nitrogen and oxygen atoms in total. The van der Waals surface area contributed by atoms with E-state index in [2.05, 4.69) is 16.6 Å². The summed E-state index contributed by atoms with van der Waals surface area (Å²) in [6.07, 6.45) is 4.10. The molecule has 0 spiro atoms. The van der Waals surface area contributed by atoms with E-state index in [4.69, 9.17) is 0 Å². The number of methoxy groups -OCH3 is 1. The molecule has 0 amide bonds. The van der Waals surface area contributed by atoms with E-state index in [1.54, 1.807) is 0 Å². The summed E-state index contributed by atoms with van der Waals surface area (Å²) in [7, 11) is 1.45. The maximum absolute atomic E-state index is 10.9. The van der Waals surface area contributed by atoms with Gasteiger partial charge in [-0.15, -0.1) is 0 Å². The lowest BCUT2D eigenvalue weighted by atomic mass is 9.99. The first-order chi connectivity index (χ1) is 6.72.